The average molecular weight is 359 g/mol. The van der Waals surface area contributed by atoms with Gasteiger partial charge in [0.1, 0.15) is 23.6 Å². The second kappa shape index (κ2) is 8.24. The minimum atomic E-state index is -1.15. The molecule has 0 atom stereocenters. The number of carbonyl (C=O) groups excluding carboxylic acids is 2. The molecule has 1 aliphatic heterocycles. The molecule has 1 aromatic carbocycles. The van der Waals surface area contributed by atoms with Crippen LogP contribution in [0.2, 0.25) is 0 Å². The van der Waals surface area contributed by atoms with E-state index in [1.807, 2.05) is 20.8 Å². The Kier molecular flexibility index (Phi) is 6.27. The maximum atomic E-state index is 12.0. The van der Waals surface area contributed by atoms with Crippen molar-refractivity contribution in [1.29, 1.82) is 0 Å². The van der Waals surface area contributed by atoms with Gasteiger partial charge in [-0.25, -0.2) is 4.79 Å². The number of rotatable bonds is 3. The monoisotopic (exact) mass is 359 g/mol. The zero-order valence-electron chi connectivity index (χ0n) is 15.4. The van der Waals surface area contributed by atoms with E-state index in [2.05, 4.69) is 11.8 Å². The number of aldehydes is 1. The zero-order chi connectivity index (χ0) is 19.2. The SMILES string of the molecule is CC(C)(C)OC(=O)N1CCC(O)(C#CCOc2ccccc2C=O)CC1. The highest BCUT2D eigenvalue weighted by Gasteiger charge is 2.34. The van der Waals surface area contributed by atoms with Crippen LogP contribution in [0.5, 0.6) is 5.75 Å². The van der Waals surface area contributed by atoms with E-state index in [0.717, 1.165) is 6.29 Å². The van der Waals surface area contributed by atoms with E-state index in [0.29, 0.717) is 37.2 Å². The van der Waals surface area contributed by atoms with Crippen LogP contribution < -0.4 is 4.74 Å². The number of piperidine rings is 1. The molecular weight excluding hydrogens is 334 g/mol. The van der Waals surface area contributed by atoms with Gasteiger partial charge in [0.2, 0.25) is 0 Å². The van der Waals surface area contributed by atoms with Gasteiger partial charge in [0.15, 0.2) is 6.29 Å². The summed E-state index contributed by atoms with van der Waals surface area (Å²) in [5, 5.41) is 10.5. The maximum absolute atomic E-state index is 12.0. The predicted molar refractivity (Wildman–Crippen MR) is 97.1 cm³/mol. The quantitative estimate of drug-likeness (QED) is 0.663. The molecule has 1 heterocycles. The van der Waals surface area contributed by atoms with Crippen LogP contribution >= 0.6 is 0 Å². The summed E-state index contributed by atoms with van der Waals surface area (Å²) in [6, 6.07) is 6.88. The lowest BCUT2D eigenvalue weighted by atomic mass is 9.92. The van der Waals surface area contributed by atoms with Crippen LogP contribution in [-0.4, -0.2) is 53.3 Å². The number of hydrogen-bond acceptors (Lipinski definition) is 5. The van der Waals surface area contributed by atoms with E-state index in [4.69, 9.17) is 9.47 Å². The van der Waals surface area contributed by atoms with Gasteiger partial charge in [-0.1, -0.05) is 24.0 Å². The Morgan fingerprint density at radius 2 is 1.96 bits per heavy atom. The molecule has 2 rings (SSSR count). The van der Waals surface area contributed by atoms with E-state index in [1.54, 1.807) is 29.2 Å². The number of aliphatic hydroxyl groups is 1. The summed E-state index contributed by atoms with van der Waals surface area (Å²) in [5.41, 5.74) is -1.23. The van der Waals surface area contributed by atoms with Gasteiger partial charge in [0.05, 0.1) is 5.56 Å². The van der Waals surface area contributed by atoms with Crippen LogP contribution in [0.4, 0.5) is 4.79 Å². The van der Waals surface area contributed by atoms with E-state index in [9.17, 15) is 14.7 Å². The van der Waals surface area contributed by atoms with Crippen molar-refractivity contribution in [3.8, 4) is 17.6 Å². The summed E-state index contributed by atoms with van der Waals surface area (Å²) in [6.07, 6.45) is 1.05. The fourth-order valence-corrected chi connectivity index (χ4v) is 2.53. The first-order valence-electron chi connectivity index (χ1n) is 8.60. The number of benzene rings is 1. The van der Waals surface area contributed by atoms with E-state index < -0.39 is 11.2 Å². The largest absolute Gasteiger partial charge is 0.480 e. The molecule has 0 aromatic heterocycles. The van der Waals surface area contributed by atoms with Gasteiger partial charge >= 0.3 is 6.09 Å². The standard InChI is InChI=1S/C20H25NO5/c1-19(2,3)26-18(23)21-12-10-20(24,11-13-21)9-6-14-25-17-8-5-4-7-16(17)15-22/h4-5,7-8,15,24H,10-14H2,1-3H3. The Hall–Kier alpha value is -2.52. The second-order valence-electron chi connectivity index (χ2n) is 7.25. The first-order valence-corrected chi connectivity index (χ1v) is 8.60. The van der Waals surface area contributed by atoms with Crippen molar-refractivity contribution in [2.45, 2.75) is 44.8 Å². The van der Waals surface area contributed by atoms with Crippen LogP contribution in [0.1, 0.15) is 44.0 Å². The number of hydrogen-bond donors (Lipinski definition) is 1. The summed E-state index contributed by atoms with van der Waals surface area (Å²) in [6.45, 7) is 6.30. The highest BCUT2D eigenvalue weighted by molar-refractivity contribution is 5.79. The van der Waals surface area contributed by atoms with Gasteiger partial charge in [-0.2, -0.15) is 0 Å². The van der Waals surface area contributed by atoms with Gasteiger partial charge in [0, 0.05) is 25.9 Å². The Morgan fingerprint density at radius 1 is 1.31 bits per heavy atom. The molecule has 1 aromatic rings. The summed E-state index contributed by atoms with van der Waals surface area (Å²) >= 11 is 0. The number of carbonyl (C=O) groups is 2. The summed E-state index contributed by atoms with van der Waals surface area (Å²) in [7, 11) is 0. The third-order valence-corrected chi connectivity index (χ3v) is 3.91. The molecule has 0 aliphatic carbocycles. The highest BCUT2D eigenvalue weighted by atomic mass is 16.6. The van der Waals surface area contributed by atoms with Crippen LogP contribution in [0.25, 0.3) is 0 Å². The van der Waals surface area contributed by atoms with Crippen LogP contribution in [0, 0.1) is 11.8 Å². The zero-order valence-corrected chi connectivity index (χ0v) is 15.4. The Labute approximate surface area is 154 Å². The molecule has 26 heavy (non-hydrogen) atoms. The van der Waals surface area contributed by atoms with Gasteiger partial charge < -0.3 is 19.5 Å². The molecule has 0 radical (unpaired) electrons. The highest BCUT2D eigenvalue weighted by Crippen LogP contribution is 2.23. The van der Waals surface area contributed by atoms with E-state index in [-0.39, 0.29) is 12.7 Å². The lowest BCUT2D eigenvalue weighted by Crippen LogP contribution is -2.47. The molecule has 140 valence electrons. The van der Waals surface area contributed by atoms with Gasteiger partial charge in [0.25, 0.3) is 0 Å². The third-order valence-electron chi connectivity index (χ3n) is 3.91. The number of likely N-dealkylation sites (tertiary alicyclic amines) is 1. The lowest BCUT2D eigenvalue weighted by molar-refractivity contribution is -0.00520. The number of amides is 1. The van der Waals surface area contributed by atoms with E-state index in [1.165, 1.54) is 0 Å². The summed E-state index contributed by atoms with van der Waals surface area (Å²) in [4.78, 5) is 24.6. The fourth-order valence-electron chi connectivity index (χ4n) is 2.53. The van der Waals surface area contributed by atoms with Crippen LogP contribution in [-0.2, 0) is 4.74 Å². The Balaban J connectivity index is 1.85. The normalized spacial score (nSPS) is 16.2. The van der Waals surface area contributed by atoms with Crippen molar-refractivity contribution < 1.29 is 24.2 Å². The molecule has 6 heteroatoms. The smallest absolute Gasteiger partial charge is 0.410 e. The maximum Gasteiger partial charge on any atom is 0.410 e. The topological polar surface area (TPSA) is 76.1 Å². The first kappa shape index (κ1) is 19.8. The van der Waals surface area contributed by atoms with E-state index >= 15 is 0 Å². The minimum Gasteiger partial charge on any atom is -0.480 e. The molecule has 1 amide bonds. The molecule has 0 bridgehead atoms. The number of para-hydroxylation sites is 1. The number of nitrogens with zero attached hydrogens (tertiary/aromatic N) is 1. The van der Waals surface area contributed by atoms with Gasteiger partial charge in [-0.15, -0.1) is 0 Å². The average Bonchev–Trinajstić information content (AvgIpc) is 2.58. The second-order valence-corrected chi connectivity index (χ2v) is 7.25. The summed E-state index contributed by atoms with van der Waals surface area (Å²) in [5.74, 6) is 6.09. The molecule has 1 saturated heterocycles. The first-order chi connectivity index (χ1) is 12.2. The fraction of sp³-hybridized carbons (Fsp3) is 0.500. The van der Waals surface area contributed by atoms with Gasteiger partial charge in [-0.3, -0.25) is 4.79 Å². The van der Waals surface area contributed by atoms with Gasteiger partial charge in [-0.05, 0) is 32.9 Å². The van der Waals surface area contributed by atoms with Crippen LogP contribution in [0.3, 0.4) is 0 Å². The van der Waals surface area contributed by atoms with Crippen molar-refractivity contribution in [3.05, 3.63) is 29.8 Å². The van der Waals surface area contributed by atoms with Crippen molar-refractivity contribution in [1.82, 2.24) is 4.90 Å². The molecule has 1 aliphatic rings. The Bertz CT molecular complexity index is 703. The minimum absolute atomic E-state index is 0.0724. The third kappa shape index (κ3) is 5.78. The van der Waals surface area contributed by atoms with Crippen molar-refractivity contribution in [2.24, 2.45) is 0 Å². The summed E-state index contributed by atoms with van der Waals surface area (Å²) < 4.78 is 10.8. The predicted octanol–water partition coefficient (Wildman–Crippen LogP) is 2.64. The molecule has 1 N–H and O–H groups in total. The molecular formula is C20H25NO5. The number of ether oxygens (including phenoxy) is 2. The molecule has 0 saturated carbocycles. The van der Waals surface area contributed by atoms with Crippen molar-refractivity contribution in [3.63, 3.8) is 0 Å². The van der Waals surface area contributed by atoms with Crippen molar-refractivity contribution in [2.75, 3.05) is 19.7 Å². The Morgan fingerprint density at radius 3 is 2.58 bits per heavy atom. The van der Waals surface area contributed by atoms with Crippen LogP contribution in [0.15, 0.2) is 24.3 Å². The molecule has 0 spiro atoms. The van der Waals surface area contributed by atoms with Crippen molar-refractivity contribution >= 4 is 12.4 Å². The molecule has 6 nitrogen and oxygen atoms in total. The lowest BCUT2D eigenvalue weighted by Gasteiger charge is -2.35. The molecule has 1 fully saturated rings. The molecule has 0 unspecified atom stereocenters.